The third kappa shape index (κ3) is 2.70. The van der Waals surface area contributed by atoms with Crippen LogP contribution < -0.4 is 4.90 Å². The molecule has 0 saturated carbocycles. The van der Waals surface area contributed by atoms with Gasteiger partial charge in [0.25, 0.3) is 5.91 Å². The van der Waals surface area contributed by atoms with E-state index in [-0.39, 0.29) is 18.5 Å². The Labute approximate surface area is 107 Å². The Hall–Kier alpha value is -1.84. The first-order valence-corrected chi connectivity index (χ1v) is 6.26. The van der Waals surface area contributed by atoms with Gasteiger partial charge in [0.1, 0.15) is 0 Å². The van der Waals surface area contributed by atoms with Gasteiger partial charge < -0.3 is 9.64 Å². The molecule has 1 amide bonds. The second kappa shape index (κ2) is 5.67. The number of rotatable bonds is 4. The highest BCUT2D eigenvalue weighted by molar-refractivity contribution is 5.97. The largest absolute Gasteiger partial charge is 0.456 e. The molecule has 4 nitrogen and oxygen atoms in total. The van der Waals surface area contributed by atoms with E-state index in [1.165, 1.54) is 5.56 Å². The molecule has 1 heterocycles. The lowest BCUT2D eigenvalue weighted by molar-refractivity contribution is -0.147. The summed E-state index contributed by atoms with van der Waals surface area (Å²) in [5, 5.41) is 0. The maximum Gasteiger partial charge on any atom is 0.306 e. The second-order valence-corrected chi connectivity index (χ2v) is 4.33. The fraction of sp³-hybridized carbons (Fsp3) is 0.429. The second-order valence-electron chi connectivity index (χ2n) is 4.33. The summed E-state index contributed by atoms with van der Waals surface area (Å²) in [5.41, 5.74) is 2.11. The molecule has 0 atom stereocenters. The van der Waals surface area contributed by atoms with Crippen molar-refractivity contribution in [2.45, 2.75) is 26.2 Å². The van der Waals surface area contributed by atoms with E-state index >= 15 is 0 Å². The van der Waals surface area contributed by atoms with Gasteiger partial charge in [0.15, 0.2) is 6.61 Å². The van der Waals surface area contributed by atoms with Crippen molar-refractivity contribution >= 4 is 17.6 Å². The Bertz CT molecular complexity index is 456. The van der Waals surface area contributed by atoms with Crippen LogP contribution in [0.4, 0.5) is 5.69 Å². The lowest BCUT2D eigenvalue weighted by Gasteiger charge is -2.17. The van der Waals surface area contributed by atoms with Crippen molar-refractivity contribution in [2.75, 3.05) is 18.1 Å². The normalized spacial score (nSPS) is 13.3. The van der Waals surface area contributed by atoms with E-state index < -0.39 is 0 Å². The van der Waals surface area contributed by atoms with Gasteiger partial charge in [-0.15, -0.1) is 0 Å². The monoisotopic (exact) mass is 247 g/mol. The number of ether oxygens (including phenoxy) is 1. The van der Waals surface area contributed by atoms with Gasteiger partial charge in [-0.1, -0.05) is 25.1 Å². The number of carbonyl (C=O) groups excluding carboxylic acids is 2. The molecule has 0 spiro atoms. The van der Waals surface area contributed by atoms with Gasteiger partial charge in [-0.25, -0.2) is 0 Å². The maximum atomic E-state index is 12.0. The fourth-order valence-electron chi connectivity index (χ4n) is 2.09. The molecule has 0 saturated heterocycles. The zero-order valence-corrected chi connectivity index (χ0v) is 10.5. The van der Waals surface area contributed by atoms with E-state index in [0.717, 1.165) is 18.5 Å². The Balaban J connectivity index is 1.93. The molecule has 0 unspecified atom stereocenters. The van der Waals surface area contributed by atoms with Gasteiger partial charge in [0.05, 0.1) is 0 Å². The Morgan fingerprint density at radius 1 is 1.33 bits per heavy atom. The van der Waals surface area contributed by atoms with Crippen LogP contribution >= 0.6 is 0 Å². The number of carbonyl (C=O) groups is 2. The number of esters is 1. The Morgan fingerprint density at radius 2 is 2.11 bits per heavy atom. The minimum atomic E-state index is -0.307. The Morgan fingerprint density at radius 3 is 2.89 bits per heavy atom. The molecule has 18 heavy (non-hydrogen) atoms. The molecule has 1 aromatic rings. The van der Waals surface area contributed by atoms with Crippen LogP contribution in [0.5, 0.6) is 0 Å². The molecule has 0 bridgehead atoms. The van der Waals surface area contributed by atoms with Crippen LogP contribution in [0, 0.1) is 0 Å². The maximum absolute atomic E-state index is 12.0. The number of hydrogen-bond donors (Lipinski definition) is 0. The van der Waals surface area contributed by atoms with E-state index in [2.05, 4.69) is 0 Å². The summed E-state index contributed by atoms with van der Waals surface area (Å²) in [6.45, 7) is 2.41. The lowest BCUT2D eigenvalue weighted by Crippen LogP contribution is -2.33. The molecule has 2 rings (SSSR count). The van der Waals surface area contributed by atoms with Gasteiger partial charge in [-0.2, -0.15) is 0 Å². The summed E-state index contributed by atoms with van der Waals surface area (Å²) in [6, 6.07) is 7.82. The molecule has 0 aromatic heterocycles. The molecular formula is C14H17NO3. The van der Waals surface area contributed by atoms with E-state index in [1.54, 1.807) is 4.90 Å². The highest BCUT2D eigenvalue weighted by atomic mass is 16.5. The SMILES string of the molecule is CCCC(=O)OCC(=O)N1CCc2ccccc21. The van der Waals surface area contributed by atoms with Crippen LogP contribution in [0.3, 0.4) is 0 Å². The molecule has 4 heteroatoms. The minimum Gasteiger partial charge on any atom is -0.456 e. The minimum absolute atomic E-state index is 0.149. The smallest absolute Gasteiger partial charge is 0.306 e. The molecule has 0 radical (unpaired) electrons. The number of nitrogens with zero attached hydrogens (tertiary/aromatic N) is 1. The first-order valence-electron chi connectivity index (χ1n) is 6.26. The van der Waals surface area contributed by atoms with Gasteiger partial charge in [-0.3, -0.25) is 9.59 Å². The van der Waals surface area contributed by atoms with Crippen LogP contribution in [0.1, 0.15) is 25.3 Å². The van der Waals surface area contributed by atoms with Crippen LogP contribution in [0.25, 0.3) is 0 Å². The molecular weight excluding hydrogens is 230 g/mol. The van der Waals surface area contributed by atoms with Crippen molar-refractivity contribution in [3.8, 4) is 0 Å². The van der Waals surface area contributed by atoms with Crippen LogP contribution in [-0.4, -0.2) is 25.0 Å². The number of hydrogen-bond acceptors (Lipinski definition) is 3. The number of para-hydroxylation sites is 1. The standard InChI is InChI=1S/C14H17NO3/c1-2-5-14(17)18-10-13(16)15-9-8-11-6-3-4-7-12(11)15/h3-4,6-7H,2,5,8-10H2,1H3. The number of fused-ring (bicyclic) bond motifs is 1. The number of amides is 1. The molecule has 1 aliphatic heterocycles. The molecule has 0 aliphatic carbocycles. The number of benzene rings is 1. The van der Waals surface area contributed by atoms with E-state index in [9.17, 15) is 9.59 Å². The van der Waals surface area contributed by atoms with Crippen LogP contribution in [-0.2, 0) is 20.7 Å². The highest BCUT2D eigenvalue weighted by Crippen LogP contribution is 2.27. The summed E-state index contributed by atoms with van der Waals surface area (Å²) >= 11 is 0. The molecule has 1 aromatic carbocycles. The number of anilines is 1. The average Bonchev–Trinajstić information content (AvgIpc) is 2.80. The molecule has 0 fully saturated rings. The summed E-state index contributed by atoms with van der Waals surface area (Å²) in [7, 11) is 0. The zero-order valence-electron chi connectivity index (χ0n) is 10.5. The van der Waals surface area contributed by atoms with Gasteiger partial charge in [0, 0.05) is 18.7 Å². The lowest BCUT2D eigenvalue weighted by atomic mass is 10.2. The fourth-order valence-corrected chi connectivity index (χ4v) is 2.09. The summed E-state index contributed by atoms with van der Waals surface area (Å²) in [4.78, 5) is 24.9. The summed E-state index contributed by atoms with van der Waals surface area (Å²) < 4.78 is 4.94. The predicted octanol–water partition coefficient (Wildman–Crippen LogP) is 1.92. The van der Waals surface area contributed by atoms with E-state index in [0.29, 0.717) is 13.0 Å². The van der Waals surface area contributed by atoms with Crippen molar-refractivity contribution in [3.05, 3.63) is 29.8 Å². The summed E-state index contributed by atoms with van der Waals surface area (Å²) in [6.07, 6.45) is 1.97. The van der Waals surface area contributed by atoms with Crippen molar-refractivity contribution < 1.29 is 14.3 Å². The highest BCUT2D eigenvalue weighted by Gasteiger charge is 2.24. The van der Waals surface area contributed by atoms with Gasteiger partial charge >= 0.3 is 5.97 Å². The van der Waals surface area contributed by atoms with Gasteiger partial charge in [0.2, 0.25) is 0 Å². The van der Waals surface area contributed by atoms with E-state index in [4.69, 9.17) is 4.74 Å². The molecule has 1 aliphatic rings. The first kappa shape index (κ1) is 12.6. The first-order chi connectivity index (χ1) is 8.72. The van der Waals surface area contributed by atoms with Crippen LogP contribution in [0.15, 0.2) is 24.3 Å². The predicted molar refractivity (Wildman–Crippen MR) is 68.4 cm³/mol. The average molecular weight is 247 g/mol. The van der Waals surface area contributed by atoms with Crippen molar-refractivity contribution in [3.63, 3.8) is 0 Å². The van der Waals surface area contributed by atoms with E-state index in [1.807, 2.05) is 31.2 Å². The third-order valence-corrected chi connectivity index (χ3v) is 3.00. The van der Waals surface area contributed by atoms with Crippen LogP contribution in [0.2, 0.25) is 0 Å². The zero-order chi connectivity index (χ0) is 13.0. The molecule has 96 valence electrons. The topological polar surface area (TPSA) is 46.6 Å². The Kier molecular flexibility index (Phi) is 3.97. The van der Waals surface area contributed by atoms with Crippen molar-refractivity contribution in [2.24, 2.45) is 0 Å². The third-order valence-electron chi connectivity index (χ3n) is 3.00. The van der Waals surface area contributed by atoms with Gasteiger partial charge in [-0.05, 0) is 24.5 Å². The molecule has 0 N–H and O–H groups in total. The van der Waals surface area contributed by atoms with Crippen molar-refractivity contribution in [1.29, 1.82) is 0 Å². The quantitative estimate of drug-likeness (QED) is 0.764. The summed E-state index contributed by atoms with van der Waals surface area (Å²) in [5.74, 6) is -0.456. The van der Waals surface area contributed by atoms with Crippen molar-refractivity contribution in [1.82, 2.24) is 0 Å².